The second kappa shape index (κ2) is 11.0. The van der Waals surface area contributed by atoms with Gasteiger partial charge in [0, 0.05) is 57.4 Å². The van der Waals surface area contributed by atoms with Gasteiger partial charge in [0.25, 0.3) is 0 Å². The first kappa shape index (κ1) is 29.8. The molecule has 0 spiro atoms. The Bertz CT molecular complexity index is 3760. The number of aromatic nitrogens is 3. The number of fused-ring (bicyclic) bond motifs is 17. The van der Waals surface area contributed by atoms with E-state index in [0.717, 1.165) is 32.5 Å². The van der Waals surface area contributed by atoms with Crippen molar-refractivity contribution < 1.29 is 0 Å². The van der Waals surface area contributed by atoms with Crippen LogP contribution in [0, 0.1) is 0 Å². The molecule has 0 saturated carbocycles. The van der Waals surface area contributed by atoms with E-state index in [-0.39, 0.29) is 0 Å². The molecule has 0 fully saturated rings. The quantitative estimate of drug-likeness (QED) is 0.166. The molecule has 4 heterocycles. The normalized spacial score (nSPS) is 12.4. The van der Waals surface area contributed by atoms with Gasteiger partial charge >= 0.3 is 0 Å². The summed E-state index contributed by atoms with van der Waals surface area (Å²) in [4.78, 5) is 12.1. The minimum atomic E-state index is 0.685. The van der Waals surface area contributed by atoms with Crippen molar-refractivity contribution in [3.05, 3.63) is 164 Å². The number of rotatable bonds is 2. The standard InChI is InChI=1S/C50H27N3S2/c1-2-12-29-26-41-39(25-28(29)11-1)46-40(24-23-37-33-15-4-3-13-31(33)32-14-5-6-17-36(32)45(37)46)53(41)50-51-48(47-38-18-8-10-20-43(38)55-49(47)52-50)30-21-22-35-34-16-7-9-19-42(34)54-44(35)27-30/h1-27H. The van der Waals surface area contributed by atoms with E-state index in [2.05, 4.69) is 168 Å². The molecule has 0 bridgehead atoms. The molecular weight excluding hydrogens is 707 g/mol. The molecule has 0 amide bonds. The van der Waals surface area contributed by atoms with Crippen molar-refractivity contribution in [2.45, 2.75) is 0 Å². The molecule has 0 unspecified atom stereocenters. The smallest absolute Gasteiger partial charge is 0.236 e. The average Bonchev–Trinajstić information content (AvgIpc) is 3.91. The topological polar surface area (TPSA) is 30.7 Å². The summed E-state index contributed by atoms with van der Waals surface area (Å²) in [6.45, 7) is 0. The lowest BCUT2D eigenvalue weighted by molar-refractivity contribution is 1.02. The van der Waals surface area contributed by atoms with E-state index in [0.29, 0.717) is 5.95 Å². The Kier molecular flexibility index (Phi) is 5.93. The summed E-state index contributed by atoms with van der Waals surface area (Å²) in [5.74, 6) is 0.685. The summed E-state index contributed by atoms with van der Waals surface area (Å²) in [5.41, 5.74) is 4.27. The van der Waals surface area contributed by atoms with Gasteiger partial charge in [-0.15, -0.1) is 22.7 Å². The van der Waals surface area contributed by atoms with Gasteiger partial charge in [-0.2, -0.15) is 0 Å². The monoisotopic (exact) mass is 733 g/mol. The highest BCUT2D eigenvalue weighted by Gasteiger charge is 2.23. The Morgan fingerprint density at radius 1 is 0.364 bits per heavy atom. The van der Waals surface area contributed by atoms with E-state index in [4.69, 9.17) is 9.97 Å². The maximum absolute atomic E-state index is 5.63. The first-order chi connectivity index (χ1) is 27.3. The van der Waals surface area contributed by atoms with Crippen LogP contribution in [0.5, 0.6) is 0 Å². The number of hydrogen-bond donors (Lipinski definition) is 0. The highest BCUT2D eigenvalue weighted by Crippen LogP contribution is 2.46. The predicted molar refractivity (Wildman–Crippen MR) is 238 cm³/mol. The summed E-state index contributed by atoms with van der Waals surface area (Å²) < 4.78 is 6.10. The molecule has 5 heteroatoms. The number of nitrogens with zero attached hydrogens (tertiary/aromatic N) is 3. The number of hydrogen-bond acceptors (Lipinski definition) is 4. The zero-order valence-corrected chi connectivity index (χ0v) is 30.9. The van der Waals surface area contributed by atoms with Crippen LogP contribution in [0.4, 0.5) is 0 Å². The molecule has 55 heavy (non-hydrogen) atoms. The van der Waals surface area contributed by atoms with E-state index in [1.165, 1.54) is 84.1 Å². The van der Waals surface area contributed by atoms with Crippen LogP contribution in [-0.4, -0.2) is 14.5 Å². The first-order valence-corrected chi connectivity index (χ1v) is 20.2. The van der Waals surface area contributed by atoms with Crippen LogP contribution in [0.15, 0.2) is 164 Å². The summed E-state index contributed by atoms with van der Waals surface area (Å²) in [7, 11) is 0. The molecule has 0 aliphatic heterocycles. The molecule has 13 aromatic rings. The Morgan fingerprint density at radius 2 is 0.945 bits per heavy atom. The third-order valence-corrected chi connectivity index (χ3v) is 13.8. The third kappa shape index (κ3) is 4.09. The summed E-state index contributed by atoms with van der Waals surface area (Å²) >= 11 is 3.59. The lowest BCUT2D eigenvalue weighted by Gasteiger charge is -2.13. The number of benzene rings is 9. The van der Waals surface area contributed by atoms with E-state index in [9.17, 15) is 0 Å². The minimum absolute atomic E-state index is 0.685. The zero-order chi connectivity index (χ0) is 35.8. The molecule has 0 saturated heterocycles. The van der Waals surface area contributed by atoms with Crippen LogP contribution < -0.4 is 0 Å². The molecule has 3 nitrogen and oxygen atoms in total. The van der Waals surface area contributed by atoms with Gasteiger partial charge in [0.1, 0.15) is 4.83 Å². The van der Waals surface area contributed by atoms with Gasteiger partial charge in [-0.1, -0.05) is 127 Å². The van der Waals surface area contributed by atoms with Crippen LogP contribution in [0.1, 0.15) is 0 Å². The highest BCUT2D eigenvalue weighted by molar-refractivity contribution is 7.26. The lowest BCUT2D eigenvalue weighted by atomic mass is 9.91. The van der Waals surface area contributed by atoms with E-state index in [1.807, 2.05) is 11.3 Å². The fraction of sp³-hybridized carbons (Fsp3) is 0. The predicted octanol–water partition coefficient (Wildman–Crippen LogP) is 14.6. The maximum Gasteiger partial charge on any atom is 0.236 e. The molecule has 13 rings (SSSR count). The maximum atomic E-state index is 5.63. The molecule has 0 radical (unpaired) electrons. The minimum Gasteiger partial charge on any atom is -0.278 e. The zero-order valence-electron chi connectivity index (χ0n) is 29.2. The second-order valence-corrected chi connectivity index (χ2v) is 16.6. The van der Waals surface area contributed by atoms with Gasteiger partial charge in [0.2, 0.25) is 5.95 Å². The van der Waals surface area contributed by atoms with Gasteiger partial charge in [0.15, 0.2) is 0 Å². The number of thiophene rings is 2. The van der Waals surface area contributed by atoms with Crippen LogP contribution in [-0.2, 0) is 0 Å². The van der Waals surface area contributed by atoms with Gasteiger partial charge in [-0.25, -0.2) is 9.97 Å². The third-order valence-electron chi connectivity index (χ3n) is 11.6. The van der Waals surface area contributed by atoms with Crippen molar-refractivity contribution in [3.63, 3.8) is 0 Å². The highest BCUT2D eigenvalue weighted by atomic mass is 32.1. The van der Waals surface area contributed by atoms with E-state index >= 15 is 0 Å². The molecule has 0 aliphatic rings. The van der Waals surface area contributed by atoms with Gasteiger partial charge in [0.05, 0.1) is 16.7 Å². The average molecular weight is 734 g/mol. The molecule has 254 valence electrons. The van der Waals surface area contributed by atoms with E-state index < -0.39 is 0 Å². The van der Waals surface area contributed by atoms with Crippen molar-refractivity contribution in [2.75, 3.05) is 0 Å². The van der Waals surface area contributed by atoms with Crippen molar-refractivity contribution in [3.8, 4) is 17.2 Å². The SMILES string of the molecule is c1ccc2cc3c(cc2c1)c1c2c4ccccc4c4ccccc4c2ccc1n3-c1nc(-c2ccc3c(c2)sc2ccccc23)c2c(n1)sc1ccccc12. The molecule has 4 aromatic heterocycles. The van der Waals surface area contributed by atoms with E-state index in [1.54, 1.807) is 11.3 Å². The van der Waals surface area contributed by atoms with Gasteiger partial charge < -0.3 is 0 Å². The summed E-state index contributed by atoms with van der Waals surface area (Å²) in [6, 6.07) is 59.9. The van der Waals surface area contributed by atoms with Crippen LogP contribution in [0.2, 0.25) is 0 Å². The summed E-state index contributed by atoms with van der Waals surface area (Å²) in [6.07, 6.45) is 0. The molecule has 0 atom stereocenters. The lowest BCUT2D eigenvalue weighted by Crippen LogP contribution is -2.02. The molecule has 0 N–H and O–H groups in total. The van der Waals surface area contributed by atoms with Crippen LogP contribution in [0.25, 0.3) is 123 Å². The van der Waals surface area contributed by atoms with Crippen LogP contribution >= 0.6 is 22.7 Å². The molecular formula is C50H27N3S2. The summed E-state index contributed by atoms with van der Waals surface area (Å²) in [5, 5.41) is 17.3. The Hall–Kier alpha value is -6.66. The molecule has 0 aliphatic carbocycles. The fourth-order valence-electron chi connectivity index (χ4n) is 9.20. The van der Waals surface area contributed by atoms with Crippen molar-refractivity contribution in [1.82, 2.24) is 14.5 Å². The Labute approximate surface area is 322 Å². The first-order valence-electron chi connectivity index (χ1n) is 18.6. The second-order valence-electron chi connectivity index (χ2n) is 14.5. The van der Waals surface area contributed by atoms with Gasteiger partial charge in [-0.05, 0) is 74.1 Å². The Morgan fingerprint density at radius 3 is 1.73 bits per heavy atom. The van der Waals surface area contributed by atoms with Crippen LogP contribution in [0.3, 0.4) is 0 Å². The van der Waals surface area contributed by atoms with Crippen molar-refractivity contribution in [1.29, 1.82) is 0 Å². The van der Waals surface area contributed by atoms with Crippen molar-refractivity contribution in [2.24, 2.45) is 0 Å². The fourth-order valence-corrected chi connectivity index (χ4v) is 11.4. The Balaban J connectivity index is 1.20. The largest absolute Gasteiger partial charge is 0.278 e. The van der Waals surface area contributed by atoms with Gasteiger partial charge in [-0.3, -0.25) is 4.57 Å². The van der Waals surface area contributed by atoms with Crippen molar-refractivity contribution >= 4 is 128 Å². The molecule has 9 aromatic carbocycles.